The van der Waals surface area contributed by atoms with Gasteiger partial charge < -0.3 is 5.73 Å². The van der Waals surface area contributed by atoms with E-state index in [1.54, 1.807) is 32.2 Å². The number of para-hydroxylation sites is 1. The number of hydrogen-bond acceptors (Lipinski definition) is 4. The summed E-state index contributed by atoms with van der Waals surface area (Å²) in [7, 11) is -1.98. The molecule has 0 aliphatic heterocycles. The number of anilines is 1. The molecule has 0 saturated carbocycles. The number of benzene rings is 1. The van der Waals surface area contributed by atoms with Crippen LogP contribution >= 0.6 is 0 Å². The van der Waals surface area contributed by atoms with Crippen molar-refractivity contribution in [2.24, 2.45) is 12.8 Å². The Kier molecular flexibility index (Phi) is 3.59. The Balaban J connectivity index is 2.36. The van der Waals surface area contributed by atoms with Crippen LogP contribution in [-0.2, 0) is 17.1 Å². The molecule has 0 aliphatic rings. The Morgan fingerprint density at radius 1 is 1.37 bits per heavy atom. The third-order valence-electron chi connectivity index (χ3n) is 2.69. The van der Waals surface area contributed by atoms with Gasteiger partial charge in [0, 0.05) is 19.3 Å². The van der Waals surface area contributed by atoms with Gasteiger partial charge in [-0.05, 0) is 18.6 Å². The second kappa shape index (κ2) is 5.02. The van der Waals surface area contributed by atoms with Crippen molar-refractivity contribution in [1.82, 2.24) is 9.78 Å². The average Bonchev–Trinajstić information content (AvgIpc) is 2.76. The molecule has 0 saturated heterocycles. The van der Waals surface area contributed by atoms with Crippen LogP contribution in [-0.4, -0.2) is 18.2 Å². The summed E-state index contributed by atoms with van der Waals surface area (Å²) in [4.78, 5) is 0.120. The van der Waals surface area contributed by atoms with Gasteiger partial charge in [-0.3, -0.25) is 9.40 Å². The van der Waals surface area contributed by atoms with Crippen molar-refractivity contribution in [3.05, 3.63) is 42.2 Å². The molecule has 19 heavy (non-hydrogen) atoms. The summed E-state index contributed by atoms with van der Waals surface area (Å²) < 4.78 is 28.3. The van der Waals surface area contributed by atoms with Crippen LogP contribution in [0.1, 0.15) is 18.5 Å². The molecule has 102 valence electrons. The number of sulfonamides is 1. The fourth-order valence-electron chi connectivity index (χ4n) is 1.73. The lowest BCUT2D eigenvalue weighted by atomic mass is 10.1. The molecule has 0 bridgehead atoms. The van der Waals surface area contributed by atoms with E-state index < -0.39 is 10.0 Å². The Morgan fingerprint density at radius 3 is 2.63 bits per heavy atom. The normalized spacial score (nSPS) is 13.2. The van der Waals surface area contributed by atoms with Crippen LogP contribution in [0, 0.1) is 0 Å². The molecule has 2 rings (SSSR count). The zero-order valence-electron chi connectivity index (χ0n) is 10.7. The van der Waals surface area contributed by atoms with Gasteiger partial charge in [0.2, 0.25) is 0 Å². The molecule has 6 nitrogen and oxygen atoms in total. The fourth-order valence-corrected chi connectivity index (χ4v) is 2.80. The highest BCUT2D eigenvalue weighted by Crippen LogP contribution is 2.23. The summed E-state index contributed by atoms with van der Waals surface area (Å²) in [5.41, 5.74) is 7.06. The third-order valence-corrected chi connectivity index (χ3v) is 4.01. The first kappa shape index (κ1) is 13.6. The topological polar surface area (TPSA) is 90.0 Å². The van der Waals surface area contributed by atoms with E-state index in [2.05, 4.69) is 9.82 Å². The van der Waals surface area contributed by atoms with Crippen LogP contribution in [0.5, 0.6) is 0 Å². The second-order valence-corrected chi connectivity index (χ2v) is 6.01. The van der Waals surface area contributed by atoms with Crippen molar-refractivity contribution in [1.29, 1.82) is 0 Å². The third kappa shape index (κ3) is 2.94. The molecule has 0 amide bonds. The molecule has 1 unspecified atom stereocenters. The number of nitrogens with one attached hydrogen (secondary N) is 1. The van der Waals surface area contributed by atoms with E-state index in [9.17, 15) is 8.42 Å². The van der Waals surface area contributed by atoms with Crippen molar-refractivity contribution in [3.8, 4) is 0 Å². The van der Waals surface area contributed by atoms with Crippen LogP contribution in [0.25, 0.3) is 0 Å². The van der Waals surface area contributed by atoms with Gasteiger partial charge in [0.1, 0.15) is 4.90 Å². The minimum absolute atomic E-state index is 0.120. The molecule has 1 aromatic heterocycles. The predicted octanol–water partition coefficient (Wildman–Crippen LogP) is 1.24. The highest BCUT2D eigenvalue weighted by Gasteiger charge is 2.18. The number of aryl methyl sites for hydroxylation is 1. The van der Waals surface area contributed by atoms with Crippen molar-refractivity contribution in [3.63, 3.8) is 0 Å². The maximum atomic E-state index is 12.2. The molecule has 1 heterocycles. The van der Waals surface area contributed by atoms with Gasteiger partial charge in [-0.1, -0.05) is 18.2 Å². The molecule has 3 N–H and O–H groups in total. The summed E-state index contributed by atoms with van der Waals surface area (Å²) in [6, 6.07) is 6.80. The van der Waals surface area contributed by atoms with E-state index in [4.69, 9.17) is 5.73 Å². The molecule has 1 aromatic carbocycles. The highest BCUT2D eigenvalue weighted by molar-refractivity contribution is 7.92. The van der Waals surface area contributed by atoms with Crippen molar-refractivity contribution >= 4 is 15.7 Å². The average molecular weight is 280 g/mol. The van der Waals surface area contributed by atoms with Gasteiger partial charge in [-0.2, -0.15) is 5.10 Å². The molecule has 0 aliphatic carbocycles. The number of rotatable bonds is 4. The minimum Gasteiger partial charge on any atom is -0.324 e. The lowest BCUT2D eigenvalue weighted by molar-refractivity contribution is 0.601. The van der Waals surface area contributed by atoms with Gasteiger partial charge in [0.25, 0.3) is 10.0 Å². The van der Waals surface area contributed by atoms with E-state index in [0.717, 1.165) is 5.56 Å². The van der Waals surface area contributed by atoms with E-state index in [1.165, 1.54) is 17.1 Å². The number of hydrogen-bond donors (Lipinski definition) is 2. The van der Waals surface area contributed by atoms with Gasteiger partial charge in [-0.25, -0.2) is 8.42 Å². The number of nitrogens with zero attached hydrogens (tertiary/aromatic N) is 2. The predicted molar refractivity (Wildman–Crippen MR) is 73.1 cm³/mol. The zero-order valence-corrected chi connectivity index (χ0v) is 11.6. The maximum Gasteiger partial charge on any atom is 0.265 e. The van der Waals surface area contributed by atoms with E-state index in [0.29, 0.717) is 5.69 Å². The van der Waals surface area contributed by atoms with E-state index >= 15 is 0 Å². The molecular formula is C12H16N4O2S. The molecule has 1 atom stereocenters. The standard InChI is InChI=1S/C12H16N4O2S/c1-9(13)11-5-3-4-6-12(11)15-19(17,18)10-7-14-16(2)8-10/h3-9,15H,13H2,1-2H3. The van der Waals surface area contributed by atoms with Crippen molar-refractivity contribution in [2.45, 2.75) is 17.9 Å². The SMILES string of the molecule is CC(N)c1ccccc1NS(=O)(=O)c1cnn(C)c1. The lowest BCUT2D eigenvalue weighted by Crippen LogP contribution is -2.16. The number of nitrogens with two attached hydrogens (primary N) is 1. The monoisotopic (exact) mass is 280 g/mol. The Hall–Kier alpha value is -1.86. The maximum absolute atomic E-state index is 12.2. The second-order valence-electron chi connectivity index (χ2n) is 4.33. The smallest absolute Gasteiger partial charge is 0.265 e. The summed E-state index contributed by atoms with van der Waals surface area (Å²) >= 11 is 0. The first-order valence-corrected chi connectivity index (χ1v) is 7.24. The van der Waals surface area contributed by atoms with Crippen LogP contribution in [0.15, 0.2) is 41.6 Å². The lowest BCUT2D eigenvalue weighted by Gasteiger charge is -2.13. The van der Waals surface area contributed by atoms with Crippen LogP contribution in [0.4, 0.5) is 5.69 Å². The highest BCUT2D eigenvalue weighted by atomic mass is 32.2. The molecule has 0 fully saturated rings. The Morgan fingerprint density at radius 2 is 2.05 bits per heavy atom. The molecule has 0 spiro atoms. The fraction of sp³-hybridized carbons (Fsp3) is 0.250. The zero-order chi connectivity index (χ0) is 14.0. The number of aromatic nitrogens is 2. The first-order valence-electron chi connectivity index (χ1n) is 5.76. The quantitative estimate of drug-likeness (QED) is 0.881. The van der Waals surface area contributed by atoms with Crippen LogP contribution in [0.2, 0.25) is 0 Å². The van der Waals surface area contributed by atoms with Gasteiger partial charge >= 0.3 is 0 Å². The largest absolute Gasteiger partial charge is 0.324 e. The van der Waals surface area contributed by atoms with Crippen LogP contribution < -0.4 is 10.5 Å². The Labute approximate surface area is 112 Å². The summed E-state index contributed by atoms with van der Waals surface area (Å²) in [5.74, 6) is 0. The van der Waals surface area contributed by atoms with E-state index in [-0.39, 0.29) is 10.9 Å². The van der Waals surface area contributed by atoms with E-state index in [1.807, 2.05) is 6.07 Å². The van der Waals surface area contributed by atoms with Gasteiger partial charge in [0.15, 0.2) is 0 Å². The van der Waals surface area contributed by atoms with Gasteiger partial charge in [-0.15, -0.1) is 0 Å². The molecule has 7 heteroatoms. The molecular weight excluding hydrogens is 264 g/mol. The summed E-state index contributed by atoms with van der Waals surface area (Å²) in [6.45, 7) is 1.80. The Bertz CT molecular complexity index is 677. The van der Waals surface area contributed by atoms with Crippen molar-refractivity contribution in [2.75, 3.05) is 4.72 Å². The molecule has 2 aromatic rings. The van der Waals surface area contributed by atoms with Crippen molar-refractivity contribution < 1.29 is 8.42 Å². The molecule has 0 radical (unpaired) electrons. The summed E-state index contributed by atoms with van der Waals surface area (Å²) in [6.07, 6.45) is 2.74. The minimum atomic E-state index is -3.64. The first-order chi connectivity index (χ1) is 8.90. The summed E-state index contributed by atoms with van der Waals surface area (Å²) in [5, 5.41) is 3.85. The van der Waals surface area contributed by atoms with Gasteiger partial charge in [0.05, 0.1) is 11.9 Å². The van der Waals surface area contributed by atoms with Crippen LogP contribution in [0.3, 0.4) is 0 Å².